The minimum Gasteiger partial charge on any atom is -0.396 e. The van der Waals surface area contributed by atoms with Crippen LogP contribution in [0.3, 0.4) is 0 Å². The molecule has 0 heterocycles. The number of aliphatic hydroxyl groups excluding tert-OH is 1. The molecule has 0 aromatic heterocycles. The average molecular weight is 254 g/mol. The van der Waals surface area contributed by atoms with E-state index in [0.29, 0.717) is 23.9 Å². The van der Waals surface area contributed by atoms with E-state index in [2.05, 4.69) is 52.6 Å². The summed E-state index contributed by atoms with van der Waals surface area (Å²) in [6.07, 6.45) is 7.08. The molecule has 17 heavy (non-hydrogen) atoms. The lowest BCUT2D eigenvalue weighted by molar-refractivity contribution is 0.226. The van der Waals surface area contributed by atoms with E-state index >= 15 is 0 Å². The van der Waals surface area contributed by atoms with Gasteiger partial charge in [0, 0.05) is 14.7 Å². The van der Waals surface area contributed by atoms with E-state index in [1.165, 1.54) is 6.42 Å². The molecule has 0 aromatic carbocycles. The zero-order valence-corrected chi connectivity index (χ0v) is 13.5. The first-order valence-corrected chi connectivity index (χ1v) is 10.5. The molecule has 1 unspecified atom stereocenters. The van der Waals surface area contributed by atoms with Gasteiger partial charge in [-0.15, -0.1) is 0 Å². The van der Waals surface area contributed by atoms with Crippen LogP contribution in [0, 0.1) is 17.3 Å². The molecule has 1 nitrogen and oxygen atoms in total. The third kappa shape index (κ3) is 3.96. The maximum atomic E-state index is 9.21. The highest BCUT2D eigenvalue weighted by atomic mass is 28.3. The molecule has 2 heteroatoms. The fourth-order valence-corrected chi connectivity index (χ4v) is 5.55. The van der Waals surface area contributed by atoms with Crippen molar-refractivity contribution in [3.8, 4) is 0 Å². The Kier molecular flexibility index (Phi) is 4.65. The fraction of sp³-hybridized carbons (Fsp3) is 0.867. The largest absolute Gasteiger partial charge is 0.396 e. The van der Waals surface area contributed by atoms with Gasteiger partial charge < -0.3 is 5.11 Å². The Hall–Kier alpha value is -0.0831. The van der Waals surface area contributed by atoms with Crippen molar-refractivity contribution >= 4 is 8.07 Å². The Balaban J connectivity index is 2.89. The summed E-state index contributed by atoms with van der Waals surface area (Å²) >= 11 is 0. The molecule has 1 aliphatic rings. The average Bonchev–Trinajstić information content (AvgIpc) is 2.15. The van der Waals surface area contributed by atoms with Crippen molar-refractivity contribution in [3.63, 3.8) is 0 Å². The molecular weight excluding hydrogens is 224 g/mol. The highest BCUT2D eigenvalue weighted by Crippen LogP contribution is 2.46. The standard InChI is InChI=1S/C15H30OSi/c1-15(2,3)13-8-7-12(9-10-16)14(11-13)17(4,5)6/h7-8,12-14,16H,9-11H2,1-6H3/t12-,13-,14?/m1/s1. The van der Waals surface area contributed by atoms with E-state index in [9.17, 15) is 5.11 Å². The van der Waals surface area contributed by atoms with Crippen LogP contribution in [-0.4, -0.2) is 19.8 Å². The van der Waals surface area contributed by atoms with Crippen LogP contribution in [0.4, 0.5) is 0 Å². The summed E-state index contributed by atoms with van der Waals surface area (Å²) in [5.74, 6) is 1.32. The second kappa shape index (κ2) is 5.27. The molecule has 0 fully saturated rings. The summed E-state index contributed by atoms with van der Waals surface area (Å²) in [7, 11) is -1.14. The monoisotopic (exact) mass is 254 g/mol. The summed E-state index contributed by atoms with van der Waals surface area (Å²) in [5, 5.41) is 9.21. The lowest BCUT2D eigenvalue weighted by Crippen LogP contribution is -2.38. The van der Waals surface area contributed by atoms with Crippen LogP contribution < -0.4 is 0 Å². The molecule has 0 radical (unpaired) electrons. The Bertz CT molecular complexity index is 270. The van der Waals surface area contributed by atoms with Crippen molar-refractivity contribution in [2.45, 2.75) is 58.8 Å². The quantitative estimate of drug-likeness (QED) is 0.587. The van der Waals surface area contributed by atoms with Crippen LogP contribution in [0.15, 0.2) is 12.2 Å². The topological polar surface area (TPSA) is 20.2 Å². The highest BCUT2D eigenvalue weighted by molar-refractivity contribution is 6.77. The summed E-state index contributed by atoms with van der Waals surface area (Å²) in [6, 6.07) is 0. The van der Waals surface area contributed by atoms with Gasteiger partial charge in [-0.1, -0.05) is 52.6 Å². The van der Waals surface area contributed by atoms with Gasteiger partial charge in [-0.05, 0) is 35.6 Å². The van der Waals surface area contributed by atoms with Gasteiger partial charge in [0.2, 0.25) is 0 Å². The molecule has 0 bridgehead atoms. The molecule has 1 aliphatic carbocycles. The zero-order valence-electron chi connectivity index (χ0n) is 12.5. The first-order valence-electron chi connectivity index (χ1n) is 6.95. The third-order valence-corrected chi connectivity index (χ3v) is 7.19. The predicted octanol–water partition coefficient (Wildman–Crippen LogP) is 4.32. The van der Waals surface area contributed by atoms with Crippen LogP contribution in [0.1, 0.15) is 33.6 Å². The van der Waals surface area contributed by atoms with Crippen LogP contribution in [0.5, 0.6) is 0 Å². The molecule has 0 aliphatic heterocycles. The first kappa shape index (κ1) is 15.0. The lowest BCUT2D eigenvalue weighted by atomic mass is 9.73. The van der Waals surface area contributed by atoms with Gasteiger partial charge >= 0.3 is 0 Å². The van der Waals surface area contributed by atoms with Gasteiger partial charge in [0.05, 0.1) is 0 Å². The van der Waals surface area contributed by atoms with Crippen LogP contribution >= 0.6 is 0 Å². The van der Waals surface area contributed by atoms with Crippen molar-refractivity contribution in [2.24, 2.45) is 17.3 Å². The predicted molar refractivity (Wildman–Crippen MR) is 79.0 cm³/mol. The van der Waals surface area contributed by atoms with Gasteiger partial charge in [-0.3, -0.25) is 0 Å². The Morgan fingerprint density at radius 1 is 1.18 bits per heavy atom. The normalized spacial score (nSPS) is 30.6. The molecule has 3 atom stereocenters. The number of allylic oxidation sites excluding steroid dienone is 2. The zero-order chi connectivity index (χ0) is 13.3. The summed E-state index contributed by atoms with van der Waals surface area (Å²) in [6.45, 7) is 14.8. The van der Waals surface area contributed by atoms with Gasteiger partial charge in [0.25, 0.3) is 0 Å². The molecule has 1 rings (SSSR count). The molecule has 0 spiro atoms. The second-order valence-corrected chi connectivity index (χ2v) is 13.2. The number of aliphatic hydroxyl groups is 1. The minimum absolute atomic E-state index is 0.330. The van der Waals surface area contributed by atoms with Crippen molar-refractivity contribution in [1.29, 1.82) is 0 Å². The summed E-state index contributed by atoms with van der Waals surface area (Å²) in [4.78, 5) is 0. The molecule has 1 N–H and O–H groups in total. The second-order valence-electron chi connectivity index (χ2n) is 7.74. The van der Waals surface area contributed by atoms with Gasteiger partial charge in [-0.2, -0.15) is 0 Å². The minimum atomic E-state index is -1.14. The SMILES string of the molecule is CC(C)(C)[C@@H]1C=C[C@H](CCO)C([Si](C)(C)C)C1. The third-order valence-electron chi connectivity index (χ3n) is 4.30. The fourth-order valence-electron chi connectivity index (χ4n) is 3.02. The first-order chi connectivity index (χ1) is 7.66. The molecule has 0 saturated heterocycles. The van der Waals surface area contributed by atoms with E-state index in [-0.39, 0.29) is 0 Å². The van der Waals surface area contributed by atoms with E-state index in [1.54, 1.807) is 0 Å². The smallest absolute Gasteiger partial charge is 0.0479 e. The molecule has 100 valence electrons. The van der Waals surface area contributed by atoms with Crippen LogP contribution in [-0.2, 0) is 0 Å². The van der Waals surface area contributed by atoms with Crippen molar-refractivity contribution < 1.29 is 5.11 Å². The van der Waals surface area contributed by atoms with Crippen molar-refractivity contribution in [3.05, 3.63) is 12.2 Å². The Labute approximate surface area is 108 Å². The number of hydrogen-bond donors (Lipinski definition) is 1. The molecule has 0 aromatic rings. The van der Waals surface area contributed by atoms with Gasteiger partial charge in [0.15, 0.2) is 0 Å². The molecule has 0 amide bonds. The maximum Gasteiger partial charge on any atom is 0.0479 e. The summed E-state index contributed by atoms with van der Waals surface area (Å²) < 4.78 is 0. The van der Waals surface area contributed by atoms with E-state index in [0.717, 1.165) is 12.0 Å². The Morgan fingerprint density at radius 3 is 2.18 bits per heavy atom. The summed E-state index contributed by atoms with van der Waals surface area (Å²) in [5.41, 5.74) is 1.20. The van der Waals surface area contributed by atoms with E-state index in [4.69, 9.17) is 0 Å². The maximum absolute atomic E-state index is 9.21. The van der Waals surface area contributed by atoms with Gasteiger partial charge in [-0.25, -0.2) is 0 Å². The van der Waals surface area contributed by atoms with E-state index in [1.807, 2.05) is 0 Å². The number of hydrogen-bond acceptors (Lipinski definition) is 1. The van der Waals surface area contributed by atoms with Crippen molar-refractivity contribution in [2.75, 3.05) is 6.61 Å². The van der Waals surface area contributed by atoms with Crippen LogP contribution in [0.2, 0.25) is 25.2 Å². The lowest BCUT2D eigenvalue weighted by Gasteiger charge is -2.43. The number of rotatable bonds is 3. The van der Waals surface area contributed by atoms with Gasteiger partial charge in [0.1, 0.15) is 0 Å². The van der Waals surface area contributed by atoms with E-state index < -0.39 is 8.07 Å². The van der Waals surface area contributed by atoms with Crippen LogP contribution in [0.25, 0.3) is 0 Å². The Morgan fingerprint density at radius 2 is 1.76 bits per heavy atom. The highest BCUT2D eigenvalue weighted by Gasteiger charge is 2.38. The molecule has 0 saturated carbocycles. The van der Waals surface area contributed by atoms with Crippen molar-refractivity contribution in [1.82, 2.24) is 0 Å². The molecular formula is C15H30OSi.